The number of hydrogen-bond donors (Lipinski definition) is 3. The molecule has 17 nitrogen and oxygen atoms in total. The smallest absolute Gasteiger partial charge is 0.462 e. The molecular formula is C85H150O17P2. The van der Waals surface area contributed by atoms with Gasteiger partial charge in [0.2, 0.25) is 0 Å². The van der Waals surface area contributed by atoms with Crippen molar-refractivity contribution in [3.8, 4) is 0 Å². The quantitative estimate of drug-likeness (QED) is 0.0169. The lowest BCUT2D eigenvalue weighted by Gasteiger charge is -2.21. The molecule has 0 aromatic rings. The Morgan fingerprint density at radius 2 is 0.500 bits per heavy atom. The van der Waals surface area contributed by atoms with Crippen LogP contribution in [-0.4, -0.2) is 96.7 Å². The third-order valence-electron chi connectivity index (χ3n) is 17.5. The summed E-state index contributed by atoms with van der Waals surface area (Å²) < 4.78 is 68.7. The summed E-state index contributed by atoms with van der Waals surface area (Å²) in [6.07, 6.45) is 82.3. The van der Waals surface area contributed by atoms with Gasteiger partial charge in [-0.1, -0.05) is 311 Å². The Morgan fingerprint density at radius 3 is 0.779 bits per heavy atom. The molecule has 0 rings (SSSR count). The second-order valence-corrected chi connectivity index (χ2v) is 30.6. The number of esters is 4. The van der Waals surface area contributed by atoms with Crippen LogP contribution in [-0.2, 0) is 65.4 Å². The first kappa shape index (κ1) is 100.0. The molecule has 0 radical (unpaired) electrons. The van der Waals surface area contributed by atoms with Crippen molar-refractivity contribution in [3.63, 3.8) is 0 Å². The number of carbonyl (C=O) groups is 4. The van der Waals surface area contributed by atoms with Gasteiger partial charge < -0.3 is 33.8 Å². The summed E-state index contributed by atoms with van der Waals surface area (Å²) in [5.41, 5.74) is 0. The number of aliphatic hydroxyl groups is 1. The lowest BCUT2D eigenvalue weighted by molar-refractivity contribution is -0.161. The average Bonchev–Trinajstić information content (AvgIpc) is 0.937. The molecule has 104 heavy (non-hydrogen) atoms. The fourth-order valence-electron chi connectivity index (χ4n) is 11.3. The Hall–Kier alpha value is -4.02. The summed E-state index contributed by atoms with van der Waals surface area (Å²) in [5.74, 6) is -2.20. The molecule has 5 unspecified atom stereocenters. The molecule has 0 aliphatic carbocycles. The number of phosphoric acid groups is 2. The highest BCUT2D eigenvalue weighted by Crippen LogP contribution is 2.45. The third-order valence-corrected chi connectivity index (χ3v) is 19.4. The van der Waals surface area contributed by atoms with Gasteiger partial charge in [0.1, 0.15) is 19.3 Å². The highest BCUT2D eigenvalue weighted by molar-refractivity contribution is 7.47. The standard InChI is InChI=1S/C85H150O17P2/c1-5-9-13-17-21-25-29-33-37-39-43-45-49-53-57-61-65-69-82(87)95-75-80(101-84(89)71-67-63-59-55-51-47-41-35-31-27-23-19-15-11-7-3)77-99-103(91,92)97-73-79(86)74-98-104(93,94)100-78-81(102-85(90)72-68-64-60-56-52-48-42-36-32-28-24-20-16-12-8-4)76-96-83(88)70-66-62-58-54-50-46-44-40-38-34-30-26-22-18-14-10-6-2/h9-10,13-14,21-22,25-26,33-35,37-38,41,44,46,79-81,86H,5-8,11-12,15-20,23-24,27-32,36,39-40,42-43,45,47-78H2,1-4H3,(H,91,92)(H,93,94)/b13-9-,14-10-,25-21-,26-22-,37-33-,38-34-,41-35-,46-44-. The summed E-state index contributed by atoms with van der Waals surface area (Å²) in [5, 5.41) is 10.7. The molecule has 5 atom stereocenters. The predicted octanol–water partition coefficient (Wildman–Crippen LogP) is 24.3. The van der Waals surface area contributed by atoms with Crippen LogP contribution in [0.15, 0.2) is 97.2 Å². The highest BCUT2D eigenvalue weighted by atomic mass is 31.2. The van der Waals surface area contributed by atoms with Crippen LogP contribution in [0, 0.1) is 0 Å². The van der Waals surface area contributed by atoms with E-state index in [0.717, 1.165) is 180 Å². The summed E-state index contributed by atoms with van der Waals surface area (Å²) in [6, 6.07) is 0. The SMILES string of the molecule is CC/C=C\C/C=C\C/C=C\C/C=C\CCCCCCC(=O)OCC(COP(=O)(O)OCC(O)COP(=O)(O)OCC(COC(=O)CCCCCCCCC/C=C\C/C=C\C/C=C\CC)OC(=O)CCCCCCC/C=C\CCCCCCCC)OC(=O)CCCCCCCCCCCCCCCCC. The van der Waals surface area contributed by atoms with Crippen LogP contribution in [0.5, 0.6) is 0 Å². The average molecular weight is 1510 g/mol. The molecule has 0 saturated carbocycles. The number of unbranched alkanes of at least 4 members (excludes halogenated alkanes) is 36. The van der Waals surface area contributed by atoms with Crippen LogP contribution in [0.25, 0.3) is 0 Å². The van der Waals surface area contributed by atoms with Gasteiger partial charge in [-0.3, -0.25) is 37.3 Å². The van der Waals surface area contributed by atoms with E-state index >= 15 is 0 Å². The van der Waals surface area contributed by atoms with E-state index in [0.29, 0.717) is 25.7 Å². The van der Waals surface area contributed by atoms with Crippen LogP contribution < -0.4 is 0 Å². The maximum atomic E-state index is 13.1. The molecule has 0 bridgehead atoms. The van der Waals surface area contributed by atoms with E-state index in [-0.39, 0.29) is 25.7 Å². The maximum Gasteiger partial charge on any atom is 0.472 e. The van der Waals surface area contributed by atoms with Gasteiger partial charge in [-0.05, 0) is 122 Å². The molecule has 0 saturated heterocycles. The van der Waals surface area contributed by atoms with Crippen molar-refractivity contribution in [2.75, 3.05) is 39.6 Å². The van der Waals surface area contributed by atoms with Gasteiger partial charge in [0.05, 0.1) is 26.4 Å². The van der Waals surface area contributed by atoms with E-state index in [1.54, 1.807) is 0 Å². The number of phosphoric ester groups is 2. The normalized spacial score (nSPS) is 14.3. The molecular weight excluding hydrogens is 1350 g/mol. The molecule has 3 N–H and O–H groups in total. The first-order valence-corrected chi connectivity index (χ1v) is 44.5. The molecule has 0 amide bonds. The largest absolute Gasteiger partial charge is 0.472 e. The second kappa shape index (κ2) is 77.1. The monoisotopic (exact) mass is 1510 g/mol. The van der Waals surface area contributed by atoms with Crippen LogP contribution in [0.4, 0.5) is 0 Å². The van der Waals surface area contributed by atoms with Crippen LogP contribution >= 0.6 is 15.6 Å². The zero-order valence-corrected chi connectivity index (χ0v) is 67.7. The lowest BCUT2D eigenvalue weighted by Crippen LogP contribution is -2.30. The number of rotatable bonds is 78. The fraction of sp³-hybridized carbons (Fsp3) is 0.765. The molecule has 0 spiro atoms. The van der Waals surface area contributed by atoms with Crippen molar-refractivity contribution in [2.45, 2.75) is 380 Å². The number of ether oxygens (including phenoxy) is 4. The Balaban J connectivity index is 5.37. The van der Waals surface area contributed by atoms with Gasteiger partial charge in [0.25, 0.3) is 0 Å². The second-order valence-electron chi connectivity index (χ2n) is 27.7. The van der Waals surface area contributed by atoms with Gasteiger partial charge in [-0.2, -0.15) is 0 Å². The number of hydrogen-bond acceptors (Lipinski definition) is 15. The van der Waals surface area contributed by atoms with Gasteiger partial charge in [0, 0.05) is 25.7 Å². The number of allylic oxidation sites excluding steroid dienone is 16. The van der Waals surface area contributed by atoms with E-state index in [1.165, 1.54) is 103 Å². The van der Waals surface area contributed by atoms with Crippen molar-refractivity contribution < 1.29 is 80.2 Å². The van der Waals surface area contributed by atoms with E-state index in [2.05, 4.69) is 125 Å². The van der Waals surface area contributed by atoms with Gasteiger partial charge in [-0.15, -0.1) is 0 Å². The Kier molecular flexibility index (Phi) is 74.2. The van der Waals surface area contributed by atoms with Crippen LogP contribution in [0.3, 0.4) is 0 Å². The predicted molar refractivity (Wildman–Crippen MR) is 427 cm³/mol. The first-order chi connectivity index (χ1) is 50.7. The van der Waals surface area contributed by atoms with Gasteiger partial charge in [-0.25, -0.2) is 9.13 Å². The molecule has 0 heterocycles. The summed E-state index contributed by atoms with van der Waals surface area (Å²) >= 11 is 0. The summed E-state index contributed by atoms with van der Waals surface area (Å²) in [4.78, 5) is 73.1. The maximum absolute atomic E-state index is 13.1. The van der Waals surface area contributed by atoms with Crippen molar-refractivity contribution in [1.29, 1.82) is 0 Å². The Morgan fingerprint density at radius 1 is 0.279 bits per heavy atom. The fourth-order valence-corrected chi connectivity index (χ4v) is 12.9. The molecule has 0 aromatic carbocycles. The highest BCUT2D eigenvalue weighted by Gasteiger charge is 2.30. The van der Waals surface area contributed by atoms with E-state index < -0.39 is 97.5 Å². The van der Waals surface area contributed by atoms with E-state index in [9.17, 15) is 43.2 Å². The molecule has 0 fully saturated rings. The molecule has 19 heteroatoms. The van der Waals surface area contributed by atoms with Gasteiger partial charge >= 0.3 is 39.5 Å². The first-order valence-electron chi connectivity index (χ1n) is 41.5. The van der Waals surface area contributed by atoms with E-state index in [1.807, 2.05) is 0 Å². The minimum Gasteiger partial charge on any atom is -0.462 e. The summed E-state index contributed by atoms with van der Waals surface area (Å²) in [7, 11) is -9.96. The third kappa shape index (κ3) is 76.2. The van der Waals surface area contributed by atoms with Crippen molar-refractivity contribution in [2.24, 2.45) is 0 Å². The van der Waals surface area contributed by atoms with Crippen molar-refractivity contribution in [1.82, 2.24) is 0 Å². The van der Waals surface area contributed by atoms with Crippen molar-refractivity contribution >= 4 is 39.5 Å². The molecule has 0 aliphatic rings. The van der Waals surface area contributed by atoms with Gasteiger partial charge in [0.15, 0.2) is 12.2 Å². The zero-order chi connectivity index (χ0) is 76.0. The summed E-state index contributed by atoms with van der Waals surface area (Å²) in [6.45, 7) is 4.67. The molecule has 0 aliphatic heterocycles. The van der Waals surface area contributed by atoms with Crippen LogP contribution in [0.1, 0.15) is 362 Å². The minimum absolute atomic E-state index is 0.0837. The lowest BCUT2D eigenvalue weighted by atomic mass is 10.0. The molecule has 0 aromatic heterocycles. The molecule has 602 valence electrons. The Labute approximate surface area is 633 Å². The number of aliphatic hydroxyl groups excluding tert-OH is 1. The van der Waals surface area contributed by atoms with E-state index in [4.69, 9.17) is 37.0 Å². The topological polar surface area (TPSA) is 237 Å². The van der Waals surface area contributed by atoms with Crippen LogP contribution in [0.2, 0.25) is 0 Å². The Bertz CT molecular complexity index is 2350. The zero-order valence-electron chi connectivity index (χ0n) is 65.9. The van der Waals surface area contributed by atoms with Crippen molar-refractivity contribution in [3.05, 3.63) is 97.2 Å². The minimum atomic E-state index is -4.98. The number of carbonyl (C=O) groups excluding carboxylic acids is 4.